The fourth-order valence-corrected chi connectivity index (χ4v) is 3.71. The second-order valence-electron chi connectivity index (χ2n) is 6.88. The summed E-state index contributed by atoms with van der Waals surface area (Å²) in [5.74, 6) is -1.62. The van der Waals surface area contributed by atoms with E-state index in [1.165, 1.54) is 4.90 Å². The lowest BCUT2D eigenvalue weighted by atomic mass is 9.95. The molecule has 1 heterocycles. The molecule has 0 aromatic heterocycles. The van der Waals surface area contributed by atoms with E-state index in [2.05, 4.69) is 0 Å². The SMILES string of the molecule is Cc1ccc(N2C(=O)C(=O)/C(=C(/O)c3ccccc3)[C@@H]2c2ccccc2)cc1Cl. The van der Waals surface area contributed by atoms with Crippen LogP contribution in [0.2, 0.25) is 5.02 Å². The third-order valence-electron chi connectivity index (χ3n) is 5.04. The van der Waals surface area contributed by atoms with Crippen molar-refractivity contribution >= 4 is 34.7 Å². The molecule has 1 saturated heterocycles. The molecular weight excluding hydrogens is 386 g/mol. The van der Waals surface area contributed by atoms with Gasteiger partial charge in [-0.2, -0.15) is 0 Å². The van der Waals surface area contributed by atoms with Crippen LogP contribution >= 0.6 is 11.6 Å². The van der Waals surface area contributed by atoms with Crippen LogP contribution in [0.5, 0.6) is 0 Å². The first-order valence-electron chi connectivity index (χ1n) is 9.16. The fourth-order valence-electron chi connectivity index (χ4n) is 3.53. The van der Waals surface area contributed by atoms with E-state index in [1.807, 2.05) is 43.3 Å². The number of nitrogens with zero attached hydrogens (tertiary/aromatic N) is 1. The summed E-state index contributed by atoms with van der Waals surface area (Å²) < 4.78 is 0. The van der Waals surface area contributed by atoms with Crippen LogP contribution in [-0.4, -0.2) is 16.8 Å². The molecule has 1 aliphatic rings. The van der Waals surface area contributed by atoms with E-state index in [1.54, 1.807) is 42.5 Å². The number of aryl methyl sites for hydroxylation is 1. The molecule has 1 N–H and O–H groups in total. The number of Topliss-reactive ketones (excluding diaryl/α,β-unsaturated/α-hetero) is 1. The van der Waals surface area contributed by atoms with Crippen LogP contribution in [0.25, 0.3) is 5.76 Å². The molecule has 144 valence electrons. The van der Waals surface area contributed by atoms with Crippen molar-refractivity contribution in [2.45, 2.75) is 13.0 Å². The maximum atomic E-state index is 13.0. The fraction of sp³-hybridized carbons (Fsp3) is 0.0833. The largest absolute Gasteiger partial charge is 0.507 e. The number of carbonyl (C=O) groups is 2. The maximum absolute atomic E-state index is 13.0. The minimum atomic E-state index is -0.754. The van der Waals surface area contributed by atoms with E-state index >= 15 is 0 Å². The summed E-state index contributed by atoms with van der Waals surface area (Å²) in [7, 11) is 0. The molecule has 3 aromatic rings. The second kappa shape index (κ2) is 7.57. The highest BCUT2D eigenvalue weighted by Gasteiger charge is 2.46. The molecule has 1 fully saturated rings. The molecule has 1 atom stereocenters. The van der Waals surface area contributed by atoms with Gasteiger partial charge in [-0.05, 0) is 30.2 Å². The Morgan fingerprint density at radius 1 is 0.931 bits per heavy atom. The number of carbonyl (C=O) groups excluding carboxylic acids is 2. The molecule has 0 spiro atoms. The van der Waals surface area contributed by atoms with Gasteiger partial charge in [-0.25, -0.2) is 0 Å². The van der Waals surface area contributed by atoms with Crippen molar-refractivity contribution in [3.8, 4) is 0 Å². The van der Waals surface area contributed by atoms with Crippen LogP contribution in [-0.2, 0) is 9.59 Å². The van der Waals surface area contributed by atoms with Gasteiger partial charge >= 0.3 is 0 Å². The Balaban J connectivity index is 1.95. The van der Waals surface area contributed by atoms with Gasteiger partial charge in [-0.1, -0.05) is 78.3 Å². The number of hydrogen-bond donors (Lipinski definition) is 1. The van der Waals surface area contributed by atoms with Gasteiger partial charge in [0.2, 0.25) is 0 Å². The Morgan fingerprint density at radius 2 is 1.55 bits per heavy atom. The first-order chi connectivity index (χ1) is 14.0. The number of benzene rings is 3. The van der Waals surface area contributed by atoms with E-state index in [4.69, 9.17) is 11.6 Å². The molecule has 5 heteroatoms. The van der Waals surface area contributed by atoms with Crippen LogP contribution in [0.4, 0.5) is 5.69 Å². The predicted octanol–water partition coefficient (Wildman–Crippen LogP) is 5.27. The Kier molecular flexibility index (Phi) is 4.95. The number of aliphatic hydroxyl groups excluding tert-OH is 1. The quantitative estimate of drug-likeness (QED) is 0.368. The first-order valence-corrected chi connectivity index (χ1v) is 9.54. The van der Waals surface area contributed by atoms with Gasteiger partial charge in [0.1, 0.15) is 5.76 Å². The van der Waals surface area contributed by atoms with Crippen molar-refractivity contribution in [1.29, 1.82) is 0 Å². The van der Waals surface area contributed by atoms with Gasteiger partial charge < -0.3 is 5.11 Å². The van der Waals surface area contributed by atoms with Gasteiger partial charge in [0.05, 0.1) is 11.6 Å². The summed E-state index contributed by atoms with van der Waals surface area (Å²) >= 11 is 6.28. The maximum Gasteiger partial charge on any atom is 0.300 e. The number of halogens is 1. The van der Waals surface area contributed by atoms with Crippen molar-refractivity contribution < 1.29 is 14.7 Å². The van der Waals surface area contributed by atoms with E-state index in [0.717, 1.165) is 11.1 Å². The van der Waals surface area contributed by atoms with Crippen molar-refractivity contribution in [2.75, 3.05) is 4.90 Å². The van der Waals surface area contributed by atoms with Crippen molar-refractivity contribution in [2.24, 2.45) is 0 Å². The number of aliphatic hydroxyl groups is 1. The topological polar surface area (TPSA) is 57.6 Å². The van der Waals surface area contributed by atoms with Crippen LogP contribution in [0.15, 0.2) is 84.4 Å². The third-order valence-corrected chi connectivity index (χ3v) is 5.45. The van der Waals surface area contributed by atoms with Crippen molar-refractivity contribution in [3.05, 3.63) is 106 Å². The van der Waals surface area contributed by atoms with Gasteiger partial charge in [0, 0.05) is 16.3 Å². The molecule has 1 aliphatic heterocycles. The lowest BCUT2D eigenvalue weighted by molar-refractivity contribution is -0.132. The highest BCUT2D eigenvalue weighted by molar-refractivity contribution is 6.51. The third kappa shape index (κ3) is 3.32. The number of hydrogen-bond acceptors (Lipinski definition) is 3. The molecule has 1 amide bonds. The second-order valence-corrected chi connectivity index (χ2v) is 7.29. The van der Waals surface area contributed by atoms with E-state index in [0.29, 0.717) is 16.3 Å². The molecule has 4 nitrogen and oxygen atoms in total. The summed E-state index contributed by atoms with van der Waals surface area (Å²) in [6.07, 6.45) is 0. The smallest absolute Gasteiger partial charge is 0.300 e. The highest BCUT2D eigenvalue weighted by atomic mass is 35.5. The molecule has 0 bridgehead atoms. The molecule has 29 heavy (non-hydrogen) atoms. The summed E-state index contributed by atoms with van der Waals surface area (Å²) in [6, 6.07) is 22.4. The Bertz CT molecular complexity index is 1120. The lowest BCUT2D eigenvalue weighted by Crippen LogP contribution is -2.29. The molecular formula is C24H18ClNO3. The van der Waals surface area contributed by atoms with Gasteiger partial charge in [-0.15, -0.1) is 0 Å². The minimum absolute atomic E-state index is 0.0593. The monoisotopic (exact) mass is 403 g/mol. The normalized spacial score (nSPS) is 18.3. The van der Waals surface area contributed by atoms with Gasteiger partial charge in [0.25, 0.3) is 11.7 Å². The van der Waals surface area contributed by atoms with E-state index < -0.39 is 17.7 Å². The number of amides is 1. The number of anilines is 1. The zero-order valence-corrected chi connectivity index (χ0v) is 16.4. The van der Waals surface area contributed by atoms with E-state index in [9.17, 15) is 14.7 Å². The average Bonchev–Trinajstić information content (AvgIpc) is 3.02. The average molecular weight is 404 g/mol. The molecule has 0 unspecified atom stereocenters. The summed E-state index contributed by atoms with van der Waals surface area (Å²) in [4.78, 5) is 27.4. The Hall–Kier alpha value is -3.37. The molecule has 4 rings (SSSR count). The first kappa shape index (κ1) is 19.0. The van der Waals surface area contributed by atoms with Crippen molar-refractivity contribution in [1.82, 2.24) is 0 Å². The van der Waals surface area contributed by atoms with Crippen LogP contribution in [0, 0.1) is 6.92 Å². The molecule has 0 radical (unpaired) electrons. The Morgan fingerprint density at radius 3 is 2.17 bits per heavy atom. The van der Waals surface area contributed by atoms with E-state index in [-0.39, 0.29) is 11.3 Å². The Labute approximate surface area is 173 Å². The summed E-state index contributed by atoms with van der Waals surface area (Å²) in [5, 5.41) is 11.5. The van der Waals surface area contributed by atoms with Crippen molar-refractivity contribution in [3.63, 3.8) is 0 Å². The van der Waals surface area contributed by atoms with Crippen LogP contribution < -0.4 is 4.90 Å². The lowest BCUT2D eigenvalue weighted by Gasteiger charge is -2.25. The molecule has 0 aliphatic carbocycles. The zero-order chi connectivity index (χ0) is 20.5. The van der Waals surface area contributed by atoms with Gasteiger partial charge in [-0.3, -0.25) is 14.5 Å². The standard InChI is InChI=1S/C24H18ClNO3/c1-15-12-13-18(14-19(15)25)26-21(16-8-4-2-5-9-16)20(23(28)24(26)29)22(27)17-10-6-3-7-11-17/h2-14,21,27H,1H3/b22-20+/t21-/m0/s1. The number of ketones is 1. The number of rotatable bonds is 3. The minimum Gasteiger partial charge on any atom is -0.507 e. The molecule has 0 saturated carbocycles. The van der Waals surface area contributed by atoms with Crippen LogP contribution in [0.1, 0.15) is 22.7 Å². The highest BCUT2D eigenvalue weighted by Crippen LogP contribution is 2.42. The van der Waals surface area contributed by atoms with Gasteiger partial charge in [0.15, 0.2) is 0 Å². The summed E-state index contributed by atoms with van der Waals surface area (Å²) in [5.41, 5.74) is 2.63. The molecule has 3 aromatic carbocycles. The summed E-state index contributed by atoms with van der Waals surface area (Å²) in [6.45, 7) is 1.87. The zero-order valence-electron chi connectivity index (χ0n) is 15.7. The predicted molar refractivity (Wildman–Crippen MR) is 114 cm³/mol. The van der Waals surface area contributed by atoms with Crippen LogP contribution in [0.3, 0.4) is 0 Å².